The first-order chi connectivity index (χ1) is 6.61. The van der Waals surface area contributed by atoms with Crippen LogP contribution in [0.3, 0.4) is 0 Å². The number of ether oxygens (including phenoxy) is 1. The Morgan fingerprint density at radius 2 is 2.14 bits per heavy atom. The van der Waals surface area contributed by atoms with Crippen molar-refractivity contribution in [2.24, 2.45) is 0 Å². The molecule has 14 heavy (non-hydrogen) atoms. The van der Waals surface area contributed by atoms with Crippen LogP contribution in [-0.4, -0.2) is 55.4 Å². The summed E-state index contributed by atoms with van der Waals surface area (Å²) in [6, 6.07) is 0. The van der Waals surface area contributed by atoms with Crippen molar-refractivity contribution >= 4 is 12.0 Å². The molecule has 0 spiro atoms. The Labute approximate surface area is 82.8 Å². The number of nitrogens with zero attached hydrogens (tertiary/aromatic N) is 1. The van der Waals surface area contributed by atoms with Gasteiger partial charge in [0.2, 0.25) is 5.91 Å². The van der Waals surface area contributed by atoms with E-state index in [1.165, 1.54) is 7.05 Å². The topological polar surface area (TPSA) is 78.9 Å². The Balaban J connectivity index is 3.76. The van der Waals surface area contributed by atoms with Gasteiger partial charge in [-0.15, -0.1) is 0 Å². The van der Waals surface area contributed by atoms with Crippen LogP contribution in [0.1, 0.15) is 6.92 Å². The maximum Gasteiger partial charge on any atom is 0.410 e. The molecule has 0 heterocycles. The van der Waals surface area contributed by atoms with E-state index in [2.05, 4.69) is 10.1 Å². The SMILES string of the molecule is CCNC(=O)CN(C)C(=O)OCCO. The van der Waals surface area contributed by atoms with E-state index in [-0.39, 0.29) is 25.7 Å². The van der Waals surface area contributed by atoms with Crippen LogP contribution in [0.2, 0.25) is 0 Å². The van der Waals surface area contributed by atoms with Crippen LogP contribution in [0.25, 0.3) is 0 Å². The lowest BCUT2D eigenvalue weighted by Crippen LogP contribution is -2.38. The average Bonchev–Trinajstić information content (AvgIpc) is 2.14. The van der Waals surface area contributed by atoms with Crippen LogP contribution in [0.5, 0.6) is 0 Å². The highest BCUT2D eigenvalue weighted by Crippen LogP contribution is 1.89. The highest BCUT2D eigenvalue weighted by Gasteiger charge is 2.12. The van der Waals surface area contributed by atoms with Gasteiger partial charge in [-0.2, -0.15) is 0 Å². The van der Waals surface area contributed by atoms with Gasteiger partial charge in [-0.1, -0.05) is 0 Å². The molecule has 2 N–H and O–H groups in total. The summed E-state index contributed by atoms with van der Waals surface area (Å²) in [5.74, 6) is -0.240. The molecule has 0 bridgehead atoms. The molecule has 0 aliphatic carbocycles. The molecule has 0 aromatic rings. The Kier molecular flexibility index (Phi) is 6.47. The molecule has 82 valence electrons. The van der Waals surface area contributed by atoms with Gasteiger partial charge in [-0.25, -0.2) is 4.79 Å². The molecule has 0 rings (SSSR count). The molecule has 0 fully saturated rings. The second-order valence-corrected chi connectivity index (χ2v) is 2.65. The fourth-order valence-electron chi connectivity index (χ4n) is 0.776. The number of aliphatic hydroxyl groups excluding tert-OH is 1. The smallest absolute Gasteiger partial charge is 0.410 e. The summed E-state index contributed by atoms with van der Waals surface area (Å²) in [5, 5.41) is 10.9. The van der Waals surface area contributed by atoms with Gasteiger partial charge in [0.05, 0.1) is 6.61 Å². The lowest BCUT2D eigenvalue weighted by atomic mass is 10.5. The quantitative estimate of drug-likeness (QED) is 0.613. The summed E-state index contributed by atoms with van der Waals surface area (Å²) in [6.45, 7) is 2.00. The van der Waals surface area contributed by atoms with Crippen LogP contribution < -0.4 is 5.32 Å². The first-order valence-electron chi connectivity index (χ1n) is 4.37. The maximum atomic E-state index is 11.1. The monoisotopic (exact) mass is 204 g/mol. The van der Waals surface area contributed by atoms with E-state index in [1.54, 1.807) is 6.92 Å². The molecule has 0 aliphatic rings. The van der Waals surface area contributed by atoms with Gasteiger partial charge in [-0.05, 0) is 6.92 Å². The molecular weight excluding hydrogens is 188 g/mol. The minimum atomic E-state index is -0.620. The molecule has 0 saturated carbocycles. The number of hydrogen-bond acceptors (Lipinski definition) is 4. The van der Waals surface area contributed by atoms with Gasteiger partial charge in [0.15, 0.2) is 0 Å². The summed E-state index contributed by atoms with van der Waals surface area (Å²) in [4.78, 5) is 23.2. The van der Waals surface area contributed by atoms with Gasteiger partial charge in [0.25, 0.3) is 0 Å². The zero-order valence-corrected chi connectivity index (χ0v) is 8.45. The van der Waals surface area contributed by atoms with Gasteiger partial charge in [0, 0.05) is 13.6 Å². The Bertz CT molecular complexity index is 196. The number of carbonyl (C=O) groups excluding carboxylic acids is 2. The minimum Gasteiger partial charge on any atom is -0.447 e. The second kappa shape index (κ2) is 7.14. The first kappa shape index (κ1) is 12.7. The highest BCUT2D eigenvalue weighted by atomic mass is 16.6. The van der Waals surface area contributed by atoms with E-state index in [1.807, 2.05) is 0 Å². The van der Waals surface area contributed by atoms with Crippen LogP contribution >= 0.6 is 0 Å². The van der Waals surface area contributed by atoms with Crippen LogP contribution in [0.15, 0.2) is 0 Å². The zero-order valence-electron chi connectivity index (χ0n) is 8.45. The van der Waals surface area contributed by atoms with Gasteiger partial charge >= 0.3 is 6.09 Å². The van der Waals surface area contributed by atoms with Crippen LogP contribution in [0, 0.1) is 0 Å². The van der Waals surface area contributed by atoms with Gasteiger partial charge in [0.1, 0.15) is 13.2 Å². The standard InChI is InChI=1S/C8H16N2O4/c1-3-9-7(12)6-10(2)8(13)14-5-4-11/h11H,3-6H2,1-2H3,(H,9,12). The molecule has 0 aromatic heterocycles. The number of rotatable bonds is 5. The van der Waals surface area contributed by atoms with E-state index in [4.69, 9.17) is 5.11 Å². The Hall–Kier alpha value is -1.30. The van der Waals surface area contributed by atoms with Crippen molar-refractivity contribution in [2.75, 3.05) is 33.4 Å². The van der Waals surface area contributed by atoms with Crippen molar-refractivity contribution in [1.29, 1.82) is 0 Å². The minimum absolute atomic E-state index is 0.0435. The van der Waals surface area contributed by atoms with E-state index < -0.39 is 6.09 Å². The molecular formula is C8H16N2O4. The normalized spacial score (nSPS) is 9.36. The summed E-state index contributed by atoms with van der Waals surface area (Å²) in [5.41, 5.74) is 0. The molecule has 0 aromatic carbocycles. The van der Waals surface area contributed by atoms with E-state index in [9.17, 15) is 9.59 Å². The summed E-state index contributed by atoms with van der Waals surface area (Å²) in [7, 11) is 1.45. The molecule has 0 radical (unpaired) electrons. The summed E-state index contributed by atoms with van der Waals surface area (Å²) < 4.78 is 4.59. The largest absolute Gasteiger partial charge is 0.447 e. The molecule has 0 unspecified atom stereocenters. The third-order valence-corrected chi connectivity index (χ3v) is 1.38. The number of carbonyl (C=O) groups is 2. The predicted octanol–water partition coefficient (Wildman–Crippen LogP) is -0.817. The zero-order chi connectivity index (χ0) is 11.0. The van der Waals surface area contributed by atoms with Crippen LogP contribution in [0.4, 0.5) is 4.79 Å². The Morgan fingerprint density at radius 3 is 2.64 bits per heavy atom. The third kappa shape index (κ3) is 5.36. The molecule has 6 nitrogen and oxygen atoms in total. The number of nitrogens with one attached hydrogen (secondary N) is 1. The highest BCUT2D eigenvalue weighted by molar-refractivity contribution is 5.81. The molecule has 0 atom stereocenters. The van der Waals surface area contributed by atoms with Crippen molar-refractivity contribution in [3.63, 3.8) is 0 Å². The maximum absolute atomic E-state index is 11.1. The van der Waals surface area contributed by atoms with Crippen LogP contribution in [-0.2, 0) is 9.53 Å². The van der Waals surface area contributed by atoms with Crippen molar-refractivity contribution < 1.29 is 19.4 Å². The van der Waals surface area contributed by atoms with E-state index in [0.717, 1.165) is 4.90 Å². The molecule has 2 amide bonds. The van der Waals surface area contributed by atoms with Crippen molar-refractivity contribution in [3.8, 4) is 0 Å². The third-order valence-electron chi connectivity index (χ3n) is 1.38. The second-order valence-electron chi connectivity index (χ2n) is 2.65. The summed E-state index contributed by atoms with van der Waals surface area (Å²) in [6.07, 6.45) is -0.620. The molecule has 0 aliphatic heterocycles. The van der Waals surface area contributed by atoms with Crippen molar-refractivity contribution in [1.82, 2.24) is 10.2 Å². The fourth-order valence-corrected chi connectivity index (χ4v) is 0.776. The molecule has 6 heteroatoms. The predicted molar refractivity (Wildman–Crippen MR) is 49.7 cm³/mol. The average molecular weight is 204 g/mol. The summed E-state index contributed by atoms with van der Waals surface area (Å²) >= 11 is 0. The lowest BCUT2D eigenvalue weighted by Gasteiger charge is -2.15. The van der Waals surface area contributed by atoms with E-state index >= 15 is 0 Å². The van der Waals surface area contributed by atoms with Crippen molar-refractivity contribution in [2.45, 2.75) is 6.92 Å². The Morgan fingerprint density at radius 1 is 1.50 bits per heavy atom. The van der Waals surface area contributed by atoms with Gasteiger partial charge in [-0.3, -0.25) is 4.79 Å². The number of hydrogen-bond donors (Lipinski definition) is 2. The number of amides is 2. The lowest BCUT2D eigenvalue weighted by molar-refractivity contribution is -0.121. The molecule has 0 saturated heterocycles. The number of aliphatic hydroxyl groups is 1. The number of likely N-dealkylation sites (N-methyl/N-ethyl adjacent to an activating group) is 2. The van der Waals surface area contributed by atoms with Crippen molar-refractivity contribution in [3.05, 3.63) is 0 Å². The van der Waals surface area contributed by atoms with Gasteiger partial charge < -0.3 is 20.1 Å². The fraction of sp³-hybridized carbons (Fsp3) is 0.750. The van der Waals surface area contributed by atoms with E-state index in [0.29, 0.717) is 6.54 Å². The first-order valence-corrected chi connectivity index (χ1v) is 4.37.